The van der Waals surface area contributed by atoms with Gasteiger partial charge in [-0.15, -0.1) is 0 Å². The summed E-state index contributed by atoms with van der Waals surface area (Å²) < 4.78 is 0. The first-order valence-corrected chi connectivity index (χ1v) is 6.61. The van der Waals surface area contributed by atoms with Crippen molar-refractivity contribution in [3.05, 3.63) is 0 Å². The quantitative estimate of drug-likeness (QED) is 0.770. The van der Waals surface area contributed by atoms with Crippen molar-refractivity contribution in [2.45, 2.75) is 45.1 Å². The highest BCUT2D eigenvalue weighted by Crippen LogP contribution is 2.38. The molecule has 2 nitrogen and oxygen atoms in total. The predicted octanol–water partition coefficient (Wildman–Crippen LogP) is 2.09. The lowest BCUT2D eigenvalue weighted by Gasteiger charge is -2.32. The third-order valence-corrected chi connectivity index (χ3v) is 4.34. The Bertz CT molecular complexity index is 205. The smallest absolute Gasteiger partial charge is 0.00793 e. The molecule has 0 aromatic heterocycles. The molecule has 4 unspecified atom stereocenters. The molecule has 0 radical (unpaired) electrons. The van der Waals surface area contributed by atoms with Crippen LogP contribution in [0.4, 0.5) is 0 Å². The second-order valence-electron chi connectivity index (χ2n) is 5.90. The van der Waals surface area contributed by atoms with Crippen molar-refractivity contribution in [3.8, 4) is 0 Å². The van der Waals surface area contributed by atoms with Crippen molar-refractivity contribution in [2.75, 3.05) is 20.1 Å². The minimum absolute atomic E-state index is 0.470. The maximum Gasteiger partial charge on any atom is 0.00793 e. The van der Waals surface area contributed by atoms with Crippen LogP contribution in [0, 0.1) is 17.8 Å². The minimum atomic E-state index is 0.470. The van der Waals surface area contributed by atoms with Crippen LogP contribution in [0.1, 0.15) is 39.0 Å². The molecule has 15 heavy (non-hydrogen) atoms. The zero-order valence-electron chi connectivity index (χ0n) is 10.3. The number of nitrogens with two attached hydrogens (primary N) is 1. The second kappa shape index (κ2) is 4.84. The molecule has 2 heteroatoms. The van der Waals surface area contributed by atoms with Gasteiger partial charge in [0.2, 0.25) is 0 Å². The molecule has 0 bridgehead atoms. The van der Waals surface area contributed by atoms with Gasteiger partial charge in [0, 0.05) is 19.1 Å². The van der Waals surface area contributed by atoms with Crippen molar-refractivity contribution in [1.82, 2.24) is 4.90 Å². The summed E-state index contributed by atoms with van der Waals surface area (Å²) in [5.41, 5.74) is 6.17. The minimum Gasteiger partial charge on any atom is -0.327 e. The van der Waals surface area contributed by atoms with Gasteiger partial charge in [0.25, 0.3) is 0 Å². The van der Waals surface area contributed by atoms with Gasteiger partial charge >= 0.3 is 0 Å². The highest BCUT2D eigenvalue weighted by atomic mass is 15.1. The van der Waals surface area contributed by atoms with Gasteiger partial charge in [0.05, 0.1) is 0 Å². The summed E-state index contributed by atoms with van der Waals surface area (Å²) in [6.45, 7) is 4.89. The van der Waals surface area contributed by atoms with E-state index in [4.69, 9.17) is 5.73 Å². The summed E-state index contributed by atoms with van der Waals surface area (Å²) in [5, 5.41) is 0. The van der Waals surface area contributed by atoms with E-state index >= 15 is 0 Å². The molecule has 2 aliphatic rings. The van der Waals surface area contributed by atoms with Crippen LogP contribution in [0.15, 0.2) is 0 Å². The van der Waals surface area contributed by atoms with Crippen molar-refractivity contribution < 1.29 is 0 Å². The molecule has 0 aromatic carbocycles. The third kappa shape index (κ3) is 3.18. The SMILES string of the molecule is CC1CC1CN(C)CC1CCCCC1N. The molecule has 0 spiro atoms. The van der Waals surface area contributed by atoms with Crippen LogP contribution in [0.2, 0.25) is 0 Å². The van der Waals surface area contributed by atoms with Crippen LogP contribution >= 0.6 is 0 Å². The number of hydrogen-bond donors (Lipinski definition) is 1. The number of hydrogen-bond acceptors (Lipinski definition) is 2. The molecule has 2 aliphatic carbocycles. The lowest BCUT2D eigenvalue weighted by Crippen LogP contribution is -2.40. The molecule has 4 atom stereocenters. The van der Waals surface area contributed by atoms with Crippen LogP contribution in [-0.4, -0.2) is 31.1 Å². The topological polar surface area (TPSA) is 29.3 Å². The Balaban J connectivity index is 1.70. The zero-order valence-corrected chi connectivity index (χ0v) is 10.3. The van der Waals surface area contributed by atoms with E-state index in [9.17, 15) is 0 Å². The maximum absolute atomic E-state index is 6.17. The number of nitrogens with zero attached hydrogens (tertiary/aromatic N) is 1. The van der Waals surface area contributed by atoms with Crippen molar-refractivity contribution in [3.63, 3.8) is 0 Å². The molecule has 2 N–H and O–H groups in total. The average Bonchev–Trinajstić information content (AvgIpc) is 2.86. The lowest BCUT2D eigenvalue weighted by atomic mass is 9.85. The largest absolute Gasteiger partial charge is 0.327 e. The van der Waals surface area contributed by atoms with E-state index in [0.29, 0.717) is 6.04 Å². The molecule has 0 heterocycles. The molecule has 0 amide bonds. The van der Waals surface area contributed by atoms with Crippen LogP contribution in [0.5, 0.6) is 0 Å². The predicted molar refractivity (Wildman–Crippen MR) is 64.7 cm³/mol. The maximum atomic E-state index is 6.17. The van der Waals surface area contributed by atoms with E-state index in [-0.39, 0.29) is 0 Å². The fourth-order valence-electron chi connectivity index (χ4n) is 2.99. The van der Waals surface area contributed by atoms with Gasteiger partial charge in [-0.05, 0) is 44.1 Å². The van der Waals surface area contributed by atoms with Crippen LogP contribution < -0.4 is 5.73 Å². The highest BCUT2D eigenvalue weighted by molar-refractivity contribution is 4.86. The normalized spacial score (nSPS) is 40.8. The first kappa shape index (κ1) is 11.4. The summed E-state index contributed by atoms with van der Waals surface area (Å²) in [5.74, 6) is 2.72. The molecule has 2 fully saturated rings. The van der Waals surface area contributed by atoms with Crippen molar-refractivity contribution in [1.29, 1.82) is 0 Å². The Morgan fingerprint density at radius 3 is 2.33 bits per heavy atom. The van der Waals surface area contributed by atoms with Crippen LogP contribution in [0.3, 0.4) is 0 Å². The summed E-state index contributed by atoms with van der Waals surface area (Å²) in [6, 6.07) is 0.470. The number of rotatable bonds is 4. The van der Waals surface area contributed by atoms with E-state index < -0.39 is 0 Å². The molecule has 88 valence electrons. The van der Waals surface area contributed by atoms with Gasteiger partial charge in [0.1, 0.15) is 0 Å². The van der Waals surface area contributed by atoms with Gasteiger partial charge in [-0.3, -0.25) is 0 Å². The third-order valence-electron chi connectivity index (χ3n) is 4.34. The Kier molecular flexibility index (Phi) is 3.68. The van der Waals surface area contributed by atoms with Gasteiger partial charge in [-0.1, -0.05) is 19.8 Å². The Hall–Kier alpha value is -0.0800. The first-order chi connectivity index (χ1) is 7.16. The van der Waals surface area contributed by atoms with Crippen molar-refractivity contribution in [2.24, 2.45) is 23.5 Å². The molecule has 2 rings (SSSR count). The van der Waals surface area contributed by atoms with E-state index in [1.54, 1.807) is 0 Å². The first-order valence-electron chi connectivity index (χ1n) is 6.61. The molecule has 0 aromatic rings. The monoisotopic (exact) mass is 210 g/mol. The lowest BCUT2D eigenvalue weighted by molar-refractivity contribution is 0.204. The average molecular weight is 210 g/mol. The van der Waals surface area contributed by atoms with Crippen molar-refractivity contribution >= 4 is 0 Å². The Morgan fingerprint density at radius 1 is 1.13 bits per heavy atom. The van der Waals surface area contributed by atoms with Gasteiger partial charge in [-0.2, -0.15) is 0 Å². The fraction of sp³-hybridized carbons (Fsp3) is 1.00. The van der Waals surface area contributed by atoms with E-state index in [0.717, 1.165) is 17.8 Å². The standard InChI is InChI=1S/C13H26N2/c1-10-7-12(10)9-15(2)8-11-5-3-4-6-13(11)14/h10-13H,3-9,14H2,1-2H3. The summed E-state index contributed by atoms with van der Waals surface area (Å²) in [7, 11) is 2.27. The van der Waals surface area contributed by atoms with Crippen LogP contribution in [-0.2, 0) is 0 Å². The Labute approximate surface area is 94.2 Å². The zero-order chi connectivity index (χ0) is 10.8. The Morgan fingerprint density at radius 2 is 1.73 bits per heavy atom. The second-order valence-corrected chi connectivity index (χ2v) is 5.90. The summed E-state index contributed by atoms with van der Waals surface area (Å²) in [6.07, 6.45) is 6.79. The molecule has 2 saturated carbocycles. The molecular weight excluding hydrogens is 184 g/mol. The highest BCUT2D eigenvalue weighted by Gasteiger charge is 2.33. The van der Waals surface area contributed by atoms with Gasteiger partial charge in [-0.25, -0.2) is 0 Å². The van der Waals surface area contributed by atoms with E-state index in [2.05, 4.69) is 18.9 Å². The fourth-order valence-corrected chi connectivity index (χ4v) is 2.99. The summed E-state index contributed by atoms with van der Waals surface area (Å²) in [4.78, 5) is 2.52. The van der Waals surface area contributed by atoms with E-state index in [1.807, 2.05) is 0 Å². The molecule has 0 aliphatic heterocycles. The molecule has 0 saturated heterocycles. The van der Waals surface area contributed by atoms with Gasteiger partial charge in [0.15, 0.2) is 0 Å². The van der Waals surface area contributed by atoms with Crippen LogP contribution in [0.25, 0.3) is 0 Å². The molecular formula is C13H26N2. The van der Waals surface area contributed by atoms with Gasteiger partial charge < -0.3 is 10.6 Å². The summed E-state index contributed by atoms with van der Waals surface area (Å²) >= 11 is 0. The van der Waals surface area contributed by atoms with E-state index in [1.165, 1.54) is 45.2 Å².